The van der Waals surface area contributed by atoms with E-state index in [0.717, 1.165) is 16.0 Å². The fourth-order valence-corrected chi connectivity index (χ4v) is 5.25. The van der Waals surface area contributed by atoms with E-state index < -0.39 is 0 Å². The quantitative estimate of drug-likeness (QED) is 0.402. The molecule has 8 heteroatoms. The number of nitrogens with zero attached hydrogens (tertiary/aromatic N) is 3. The van der Waals surface area contributed by atoms with Crippen molar-refractivity contribution in [2.24, 2.45) is 0 Å². The van der Waals surface area contributed by atoms with Crippen LogP contribution in [0.15, 0.2) is 59.0 Å². The summed E-state index contributed by atoms with van der Waals surface area (Å²) in [5.74, 6) is -0.145. The fourth-order valence-electron chi connectivity index (χ4n) is 3.38. The molecule has 0 radical (unpaired) electrons. The second kappa shape index (κ2) is 9.55. The van der Waals surface area contributed by atoms with Gasteiger partial charge < -0.3 is 9.64 Å². The first-order chi connectivity index (χ1) is 15.1. The molecule has 0 saturated heterocycles. The highest BCUT2D eigenvalue weighted by molar-refractivity contribution is 7.19. The normalized spacial score (nSPS) is 11.2. The molecule has 0 atom stereocenters. The molecule has 1 aromatic carbocycles. The first kappa shape index (κ1) is 21.4. The van der Waals surface area contributed by atoms with E-state index in [0.29, 0.717) is 29.9 Å². The van der Waals surface area contributed by atoms with Gasteiger partial charge in [0.05, 0.1) is 18.3 Å². The number of amides is 1. The van der Waals surface area contributed by atoms with E-state index in [2.05, 4.69) is 4.98 Å². The lowest BCUT2D eigenvalue weighted by molar-refractivity contribution is -0.133. The van der Waals surface area contributed by atoms with Crippen molar-refractivity contribution in [3.05, 3.63) is 75.0 Å². The molecule has 0 bridgehead atoms. The van der Waals surface area contributed by atoms with Crippen molar-refractivity contribution in [3.8, 4) is 10.4 Å². The number of fused-ring (bicyclic) bond motifs is 1. The minimum atomic E-state index is -0.188. The van der Waals surface area contributed by atoms with Gasteiger partial charge in [-0.15, -0.1) is 22.7 Å². The summed E-state index contributed by atoms with van der Waals surface area (Å²) in [4.78, 5) is 35.4. The number of rotatable bonds is 8. The highest BCUT2D eigenvalue weighted by Crippen LogP contribution is 2.34. The molecule has 3 aromatic heterocycles. The number of ether oxygens (including phenoxy) is 1. The standard InChI is InChI=1S/C23H23N3O3S2/c1-16-8-9-19(31-16)18-14-30-22-21(18)23(28)26(15-24-22)13-20(27)25(10-11-29-2)12-17-6-4-3-5-7-17/h3-9,14-15H,10-13H2,1-2H3. The first-order valence-electron chi connectivity index (χ1n) is 9.91. The first-order valence-corrected chi connectivity index (χ1v) is 11.6. The van der Waals surface area contributed by atoms with Crippen LogP contribution in [0.4, 0.5) is 0 Å². The van der Waals surface area contributed by atoms with Crippen LogP contribution < -0.4 is 5.56 Å². The van der Waals surface area contributed by atoms with Crippen LogP contribution in [0.2, 0.25) is 0 Å². The zero-order valence-corrected chi connectivity index (χ0v) is 19.0. The molecule has 4 aromatic rings. The summed E-state index contributed by atoms with van der Waals surface area (Å²) in [7, 11) is 1.61. The largest absolute Gasteiger partial charge is 0.383 e. The summed E-state index contributed by atoms with van der Waals surface area (Å²) in [6.45, 7) is 3.33. The lowest BCUT2D eigenvalue weighted by Gasteiger charge is -2.23. The molecule has 0 aliphatic carbocycles. The smallest absolute Gasteiger partial charge is 0.263 e. The molecule has 0 spiro atoms. The van der Waals surface area contributed by atoms with Crippen LogP contribution in [0.25, 0.3) is 20.7 Å². The molecular formula is C23H23N3O3S2. The third-order valence-electron chi connectivity index (χ3n) is 5.01. The van der Waals surface area contributed by atoms with Crippen LogP contribution in [0.1, 0.15) is 10.4 Å². The molecule has 0 N–H and O–H groups in total. The maximum absolute atomic E-state index is 13.3. The lowest BCUT2D eigenvalue weighted by atomic mass is 10.2. The maximum atomic E-state index is 13.3. The summed E-state index contributed by atoms with van der Waals surface area (Å²) < 4.78 is 6.58. The highest BCUT2D eigenvalue weighted by atomic mass is 32.1. The van der Waals surface area contributed by atoms with Crippen molar-refractivity contribution in [2.45, 2.75) is 20.0 Å². The molecule has 0 unspecified atom stereocenters. The summed E-state index contributed by atoms with van der Waals surface area (Å²) in [5.41, 5.74) is 1.73. The number of hydrogen-bond donors (Lipinski definition) is 0. The second-order valence-electron chi connectivity index (χ2n) is 7.21. The third kappa shape index (κ3) is 4.76. The topological polar surface area (TPSA) is 64.4 Å². The van der Waals surface area contributed by atoms with Gasteiger partial charge in [0.2, 0.25) is 5.91 Å². The van der Waals surface area contributed by atoms with Gasteiger partial charge in [-0.2, -0.15) is 0 Å². The van der Waals surface area contributed by atoms with E-state index in [4.69, 9.17) is 4.74 Å². The van der Waals surface area contributed by atoms with Crippen molar-refractivity contribution in [3.63, 3.8) is 0 Å². The Morgan fingerprint density at radius 3 is 2.71 bits per heavy atom. The summed E-state index contributed by atoms with van der Waals surface area (Å²) in [6.07, 6.45) is 1.47. The molecule has 0 fully saturated rings. The van der Waals surface area contributed by atoms with Crippen LogP contribution in [-0.2, 0) is 22.6 Å². The molecule has 6 nitrogen and oxygen atoms in total. The van der Waals surface area contributed by atoms with Crippen LogP contribution in [0, 0.1) is 6.92 Å². The molecule has 0 aliphatic heterocycles. The Kier molecular flexibility index (Phi) is 6.60. The Balaban J connectivity index is 1.62. The zero-order valence-electron chi connectivity index (χ0n) is 17.4. The number of carbonyl (C=O) groups excluding carboxylic acids is 1. The number of hydrogen-bond acceptors (Lipinski definition) is 6. The molecule has 3 heterocycles. The van der Waals surface area contributed by atoms with Gasteiger partial charge in [-0.3, -0.25) is 14.2 Å². The van der Waals surface area contributed by atoms with Gasteiger partial charge in [0, 0.05) is 40.9 Å². The predicted octanol–water partition coefficient (Wildman–Crippen LogP) is 4.17. The predicted molar refractivity (Wildman–Crippen MR) is 126 cm³/mol. The van der Waals surface area contributed by atoms with Gasteiger partial charge in [0.15, 0.2) is 0 Å². The van der Waals surface area contributed by atoms with Crippen LogP contribution >= 0.6 is 22.7 Å². The minimum absolute atomic E-state index is 0.0585. The molecule has 31 heavy (non-hydrogen) atoms. The minimum Gasteiger partial charge on any atom is -0.383 e. The summed E-state index contributed by atoms with van der Waals surface area (Å²) in [5, 5.41) is 2.55. The Morgan fingerprint density at radius 2 is 2.00 bits per heavy atom. The van der Waals surface area contributed by atoms with Gasteiger partial charge in [0.1, 0.15) is 11.4 Å². The summed E-state index contributed by atoms with van der Waals surface area (Å²) >= 11 is 3.09. The van der Waals surface area contributed by atoms with E-state index in [9.17, 15) is 9.59 Å². The molecule has 4 rings (SSSR count). The van der Waals surface area contributed by atoms with E-state index in [1.54, 1.807) is 23.3 Å². The number of aromatic nitrogens is 2. The van der Waals surface area contributed by atoms with Gasteiger partial charge >= 0.3 is 0 Å². The Labute approximate surface area is 188 Å². The van der Waals surface area contributed by atoms with Gasteiger partial charge in [-0.05, 0) is 24.6 Å². The van der Waals surface area contributed by atoms with E-state index in [-0.39, 0.29) is 18.0 Å². The van der Waals surface area contributed by atoms with Crippen molar-refractivity contribution >= 4 is 38.8 Å². The number of benzene rings is 1. The van der Waals surface area contributed by atoms with Gasteiger partial charge in [-0.25, -0.2) is 4.98 Å². The third-order valence-corrected chi connectivity index (χ3v) is 6.93. The lowest BCUT2D eigenvalue weighted by Crippen LogP contribution is -2.38. The highest BCUT2D eigenvalue weighted by Gasteiger charge is 2.18. The average molecular weight is 454 g/mol. The van der Waals surface area contributed by atoms with Crippen molar-refractivity contribution in [2.75, 3.05) is 20.3 Å². The maximum Gasteiger partial charge on any atom is 0.263 e. The number of aryl methyl sites for hydroxylation is 1. The van der Waals surface area contributed by atoms with Crippen molar-refractivity contribution in [1.29, 1.82) is 0 Å². The average Bonchev–Trinajstić information content (AvgIpc) is 3.40. The van der Waals surface area contributed by atoms with E-state index in [1.165, 1.54) is 27.1 Å². The molecule has 0 aliphatic rings. The monoisotopic (exact) mass is 453 g/mol. The van der Waals surface area contributed by atoms with E-state index >= 15 is 0 Å². The summed E-state index contributed by atoms with van der Waals surface area (Å²) in [6, 6.07) is 13.9. The Morgan fingerprint density at radius 1 is 1.19 bits per heavy atom. The number of thiophene rings is 2. The van der Waals surface area contributed by atoms with Crippen LogP contribution in [0.3, 0.4) is 0 Å². The SMILES string of the molecule is COCCN(Cc1ccccc1)C(=O)Cn1cnc2scc(-c3ccc(C)s3)c2c1=O. The zero-order chi connectivity index (χ0) is 21.8. The number of carbonyl (C=O) groups is 1. The Hall–Kier alpha value is -2.81. The molecule has 160 valence electrons. The van der Waals surface area contributed by atoms with Crippen molar-refractivity contribution in [1.82, 2.24) is 14.5 Å². The van der Waals surface area contributed by atoms with Crippen LogP contribution in [0.5, 0.6) is 0 Å². The molecule has 0 saturated carbocycles. The second-order valence-corrected chi connectivity index (χ2v) is 9.36. The van der Waals surface area contributed by atoms with Gasteiger partial charge in [-0.1, -0.05) is 30.3 Å². The Bertz CT molecular complexity index is 1240. The fraction of sp³-hybridized carbons (Fsp3) is 0.261. The van der Waals surface area contributed by atoms with Crippen LogP contribution in [-0.4, -0.2) is 40.6 Å². The van der Waals surface area contributed by atoms with Gasteiger partial charge in [0.25, 0.3) is 5.56 Å². The molecular weight excluding hydrogens is 430 g/mol. The molecule has 1 amide bonds. The van der Waals surface area contributed by atoms with E-state index in [1.807, 2.05) is 54.8 Å². The number of methoxy groups -OCH3 is 1. The van der Waals surface area contributed by atoms with Crippen molar-refractivity contribution < 1.29 is 9.53 Å².